The predicted molar refractivity (Wildman–Crippen MR) is 67.2 cm³/mol. The van der Waals surface area contributed by atoms with Crippen molar-refractivity contribution in [2.75, 3.05) is 0 Å². The summed E-state index contributed by atoms with van der Waals surface area (Å²) in [5, 5.41) is 4.35. The Morgan fingerprint density at radius 2 is 2.18 bits per heavy atom. The zero-order valence-electron chi connectivity index (χ0n) is 9.43. The van der Waals surface area contributed by atoms with E-state index in [0.29, 0.717) is 11.9 Å². The molecule has 0 aliphatic heterocycles. The van der Waals surface area contributed by atoms with E-state index in [0.717, 1.165) is 15.9 Å². The van der Waals surface area contributed by atoms with Crippen LogP contribution >= 0.6 is 15.9 Å². The maximum atomic E-state index is 5.71. The Balaban J connectivity index is 1.82. The summed E-state index contributed by atoms with van der Waals surface area (Å²) in [4.78, 5) is 4.18. The van der Waals surface area contributed by atoms with Gasteiger partial charge in [-0.2, -0.15) is 5.10 Å². The minimum absolute atomic E-state index is 0.574. The van der Waals surface area contributed by atoms with E-state index in [1.54, 1.807) is 12.4 Å². The van der Waals surface area contributed by atoms with Gasteiger partial charge in [0.2, 0.25) is 5.88 Å². The van der Waals surface area contributed by atoms with Gasteiger partial charge < -0.3 is 4.74 Å². The lowest BCUT2D eigenvalue weighted by Crippen LogP contribution is -1.98. The van der Waals surface area contributed by atoms with Crippen LogP contribution in [0.1, 0.15) is 24.6 Å². The zero-order valence-corrected chi connectivity index (χ0v) is 11.0. The monoisotopic (exact) mass is 293 g/mol. The van der Waals surface area contributed by atoms with Crippen LogP contribution in [0.3, 0.4) is 0 Å². The van der Waals surface area contributed by atoms with Crippen molar-refractivity contribution in [2.45, 2.75) is 25.8 Å². The molecule has 2 aromatic rings. The second kappa shape index (κ2) is 4.14. The number of pyridine rings is 1. The van der Waals surface area contributed by atoms with Crippen LogP contribution < -0.4 is 4.74 Å². The van der Waals surface area contributed by atoms with Crippen molar-refractivity contribution in [1.82, 2.24) is 14.8 Å². The van der Waals surface area contributed by atoms with Crippen molar-refractivity contribution in [3.05, 3.63) is 34.7 Å². The maximum absolute atomic E-state index is 5.71. The third kappa shape index (κ3) is 2.20. The molecule has 0 bridgehead atoms. The van der Waals surface area contributed by atoms with Crippen molar-refractivity contribution in [3.8, 4) is 11.6 Å². The van der Waals surface area contributed by atoms with Crippen molar-refractivity contribution >= 4 is 15.9 Å². The minimum atomic E-state index is 0.574. The van der Waals surface area contributed by atoms with Gasteiger partial charge in [-0.15, -0.1) is 0 Å². The maximum Gasteiger partial charge on any atom is 0.219 e. The van der Waals surface area contributed by atoms with Crippen LogP contribution in [0.4, 0.5) is 0 Å². The molecule has 0 aromatic carbocycles. The number of aromatic nitrogens is 3. The molecular weight excluding hydrogens is 282 g/mol. The molecule has 1 saturated carbocycles. The highest BCUT2D eigenvalue weighted by molar-refractivity contribution is 9.10. The molecule has 2 heterocycles. The Bertz CT molecular complexity index is 531. The van der Waals surface area contributed by atoms with Crippen LogP contribution in [0.25, 0.3) is 0 Å². The summed E-state index contributed by atoms with van der Waals surface area (Å²) in [6, 6.07) is 4.31. The Morgan fingerprint density at radius 3 is 2.82 bits per heavy atom. The van der Waals surface area contributed by atoms with E-state index < -0.39 is 0 Å². The smallest absolute Gasteiger partial charge is 0.219 e. The van der Waals surface area contributed by atoms with Crippen LogP contribution in [0, 0.1) is 6.92 Å². The Kier molecular flexibility index (Phi) is 2.63. The number of rotatable bonds is 3. The van der Waals surface area contributed by atoms with Crippen molar-refractivity contribution in [1.29, 1.82) is 0 Å². The summed E-state index contributed by atoms with van der Waals surface area (Å²) in [5.74, 6) is 1.37. The normalized spacial score (nSPS) is 14.9. The molecule has 0 amide bonds. The van der Waals surface area contributed by atoms with Crippen LogP contribution in [0.5, 0.6) is 11.6 Å². The number of hydrogen-bond donors (Lipinski definition) is 0. The highest BCUT2D eigenvalue weighted by Gasteiger charge is 2.27. The van der Waals surface area contributed by atoms with E-state index >= 15 is 0 Å². The molecule has 2 aromatic heterocycles. The molecule has 0 N–H and O–H groups in total. The number of nitrogens with zero attached hydrogens (tertiary/aromatic N) is 3. The number of halogens is 1. The van der Waals surface area contributed by atoms with Gasteiger partial charge >= 0.3 is 0 Å². The van der Waals surface area contributed by atoms with Crippen molar-refractivity contribution in [2.24, 2.45) is 0 Å². The molecule has 17 heavy (non-hydrogen) atoms. The van der Waals surface area contributed by atoms with Crippen LogP contribution in [0.15, 0.2) is 29.0 Å². The van der Waals surface area contributed by atoms with Crippen LogP contribution in [-0.4, -0.2) is 14.8 Å². The highest BCUT2D eigenvalue weighted by atomic mass is 79.9. The van der Waals surface area contributed by atoms with E-state index in [1.165, 1.54) is 12.8 Å². The zero-order chi connectivity index (χ0) is 11.8. The highest BCUT2D eigenvalue weighted by Crippen LogP contribution is 2.37. The van der Waals surface area contributed by atoms with Gasteiger partial charge in [0.05, 0.1) is 17.9 Å². The summed E-state index contributed by atoms with van der Waals surface area (Å²) in [7, 11) is 0. The molecule has 1 aliphatic rings. The van der Waals surface area contributed by atoms with Gasteiger partial charge in [-0.25, -0.2) is 4.98 Å². The first-order valence-corrected chi connectivity index (χ1v) is 6.37. The van der Waals surface area contributed by atoms with Gasteiger partial charge in [0.15, 0.2) is 5.75 Å². The standard InChI is InChI=1S/C12H12BrN3O/c1-8-11(7-15-16(8)10-3-4-10)17-12-5-2-9(13)6-14-12/h2,5-7,10H,3-4H2,1H3. The molecule has 1 aliphatic carbocycles. The molecule has 0 atom stereocenters. The van der Waals surface area contributed by atoms with Gasteiger partial charge in [0.25, 0.3) is 0 Å². The van der Waals surface area contributed by atoms with E-state index in [-0.39, 0.29) is 0 Å². The molecular formula is C12H12BrN3O. The number of hydrogen-bond acceptors (Lipinski definition) is 3. The van der Waals surface area contributed by atoms with Gasteiger partial charge in [-0.05, 0) is 41.8 Å². The lowest BCUT2D eigenvalue weighted by atomic mass is 10.4. The average Bonchev–Trinajstić information content (AvgIpc) is 3.10. The Morgan fingerprint density at radius 1 is 1.35 bits per heavy atom. The van der Waals surface area contributed by atoms with E-state index in [1.807, 2.05) is 23.7 Å². The number of ether oxygens (including phenoxy) is 1. The quantitative estimate of drug-likeness (QED) is 0.870. The molecule has 3 rings (SSSR count). The SMILES string of the molecule is Cc1c(Oc2ccc(Br)cn2)cnn1C1CC1. The Labute approximate surface area is 108 Å². The summed E-state index contributed by atoms with van der Waals surface area (Å²) in [5.41, 5.74) is 1.07. The summed E-state index contributed by atoms with van der Waals surface area (Å²) < 4.78 is 8.68. The molecule has 1 fully saturated rings. The third-order valence-corrected chi connectivity index (χ3v) is 3.28. The average molecular weight is 294 g/mol. The summed E-state index contributed by atoms with van der Waals surface area (Å²) in [6.07, 6.45) is 5.92. The second-order valence-corrected chi connectivity index (χ2v) is 5.10. The molecule has 0 saturated heterocycles. The van der Waals surface area contributed by atoms with Crippen LogP contribution in [0.2, 0.25) is 0 Å². The van der Waals surface area contributed by atoms with Crippen molar-refractivity contribution in [3.63, 3.8) is 0 Å². The topological polar surface area (TPSA) is 39.9 Å². The van der Waals surface area contributed by atoms with E-state index in [9.17, 15) is 0 Å². The molecule has 4 nitrogen and oxygen atoms in total. The van der Waals surface area contributed by atoms with Crippen molar-refractivity contribution < 1.29 is 4.74 Å². The first-order valence-electron chi connectivity index (χ1n) is 5.57. The fraction of sp³-hybridized carbons (Fsp3) is 0.333. The third-order valence-electron chi connectivity index (χ3n) is 2.81. The van der Waals surface area contributed by atoms with E-state index in [4.69, 9.17) is 4.74 Å². The molecule has 0 unspecified atom stereocenters. The lowest BCUT2D eigenvalue weighted by molar-refractivity contribution is 0.456. The van der Waals surface area contributed by atoms with E-state index in [2.05, 4.69) is 26.0 Å². The molecule has 5 heteroatoms. The fourth-order valence-electron chi connectivity index (χ4n) is 1.73. The van der Waals surface area contributed by atoms with Gasteiger partial charge in [-0.3, -0.25) is 4.68 Å². The first kappa shape index (κ1) is 10.8. The molecule has 0 radical (unpaired) electrons. The summed E-state index contributed by atoms with van der Waals surface area (Å²) in [6.45, 7) is 2.03. The van der Waals surface area contributed by atoms with Gasteiger partial charge in [0.1, 0.15) is 0 Å². The largest absolute Gasteiger partial charge is 0.435 e. The summed E-state index contributed by atoms with van der Waals surface area (Å²) >= 11 is 3.34. The molecule has 88 valence electrons. The minimum Gasteiger partial charge on any atom is -0.435 e. The predicted octanol–water partition coefficient (Wildman–Crippen LogP) is 3.48. The Hall–Kier alpha value is -1.36. The lowest BCUT2D eigenvalue weighted by Gasteiger charge is -2.04. The first-order chi connectivity index (χ1) is 8.24. The fourth-order valence-corrected chi connectivity index (χ4v) is 1.96. The van der Waals surface area contributed by atoms with Gasteiger partial charge in [0, 0.05) is 16.7 Å². The van der Waals surface area contributed by atoms with Gasteiger partial charge in [-0.1, -0.05) is 0 Å². The second-order valence-electron chi connectivity index (χ2n) is 4.19. The molecule has 0 spiro atoms. The van der Waals surface area contributed by atoms with Crippen LogP contribution in [-0.2, 0) is 0 Å².